The van der Waals surface area contributed by atoms with Crippen LogP contribution < -0.4 is 0 Å². The van der Waals surface area contributed by atoms with Gasteiger partial charge in [0.1, 0.15) is 5.78 Å². The molecule has 1 saturated carbocycles. The van der Waals surface area contributed by atoms with Crippen molar-refractivity contribution >= 4 is 5.78 Å². The van der Waals surface area contributed by atoms with Crippen molar-refractivity contribution in [1.82, 2.24) is 0 Å². The third-order valence-electron chi connectivity index (χ3n) is 3.60. The summed E-state index contributed by atoms with van der Waals surface area (Å²) in [6, 6.07) is 0. The molecule has 0 amide bonds. The lowest BCUT2D eigenvalue weighted by atomic mass is 9.72. The highest BCUT2D eigenvalue weighted by Crippen LogP contribution is 2.60. The first-order valence-electron chi connectivity index (χ1n) is 4.47. The highest BCUT2D eigenvalue weighted by atomic mass is 16.1. The van der Waals surface area contributed by atoms with E-state index in [0.717, 1.165) is 19.3 Å². The first kappa shape index (κ1) is 8.76. The molecule has 0 saturated heterocycles. The smallest absolute Gasteiger partial charge is 0.136 e. The van der Waals surface area contributed by atoms with Crippen LogP contribution in [0.25, 0.3) is 0 Å². The predicted molar refractivity (Wildman–Crippen MR) is 46.4 cm³/mol. The second-order valence-electron chi connectivity index (χ2n) is 4.38. The molecule has 0 spiro atoms. The van der Waals surface area contributed by atoms with Crippen LogP contribution in [-0.4, -0.2) is 5.78 Å². The summed E-state index contributed by atoms with van der Waals surface area (Å²) < 4.78 is 0. The molecule has 0 bridgehead atoms. The van der Waals surface area contributed by atoms with Gasteiger partial charge in [0.05, 0.1) is 0 Å². The zero-order valence-corrected chi connectivity index (χ0v) is 8.03. The van der Waals surface area contributed by atoms with Crippen LogP contribution in [0.4, 0.5) is 0 Å². The molecule has 1 aliphatic rings. The summed E-state index contributed by atoms with van der Waals surface area (Å²) in [5.41, 5.74) is 0.278. The standard InChI is InChI=1S/C10H18O/c1-5-9(3,4)10(6-7-10)8(2)11/h5-7H2,1-4H3. The van der Waals surface area contributed by atoms with Crippen LogP contribution in [-0.2, 0) is 4.79 Å². The van der Waals surface area contributed by atoms with Crippen molar-refractivity contribution in [2.24, 2.45) is 10.8 Å². The fraction of sp³-hybridized carbons (Fsp3) is 0.900. The summed E-state index contributed by atoms with van der Waals surface area (Å²) in [5, 5.41) is 0. The molecule has 1 fully saturated rings. The zero-order valence-electron chi connectivity index (χ0n) is 8.03. The lowest BCUT2D eigenvalue weighted by Gasteiger charge is -2.31. The summed E-state index contributed by atoms with van der Waals surface area (Å²) in [7, 11) is 0. The van der Waals surface area contributed by atoms with Crippen LogP contribution in [0.2, 0.25) is 0 Å². The van der Waals surface area contributed by atoms with Gasteiger partial charge in [-0.05, 0) is 25.2 Å². The predicted octanol–water partition coefficient (Wildman–Crippen LogP) is 2.79. The van der Waals surface area contributed by atoms with Crippen molar-refractivity contribution < 1.29 is 4.79 Å². The summed E-state index contributed by atoms with van der Waals surface area (Å²) in [6.45, 7) is 8.33. The van der Waals surface area contributed by atoms with Crippen LogP contribution in [0.1, 0.15) is 47.0 Å². The van der Waals surface area contributed by atoms with Crippen molar-refractivity contribution in [3.63, 3.8) is 0 Å². The highest BCUT2D eigenvalue weighted by Gasteiger charge is 2.56. The number of rotatable bonds is 3. The molecule has 1 rings (SSSR count). The Kier molecular flexibility index (Phi) is 1.85. The van der Waals surface area contributed by atoms with Crippen LogP contribution in [0.3, 0.4) is 0 Å². The monoisotopic (exact) mass is 154 g/mol. The first-order valence-corrected chi connectivity index (χ1v) is 4.47. The molecule has 1 heteroatoms. The van der Waals surface area contributed by atoms with Gasteiger partial charge in [0.25, 0.3) is 0 Å². The molecule has 0 aromatic carbocycles. The number of carbonyl (C=O) groups is 1. The molecule has 0 N–H and O–H groups in total. The Morgan fingerprint density at radius 3 is 2.00 bits per heavy atom. The average molecular weight is 154 g/mol. The van der Waals surface area contributed by atoms with E-state index in [1.807, 2.05) is 0 Å². The van der Waals surface area contributed by atoms with Crippen molar-refractivity contribution in [2.75, 3.05) is 0 Å². The molecule has 0 radical (unpaired) electrons. The van der Waals surface area contributed by atoms with Crippen molar-refractivity contribution in [3.8, 4) is 0 Å². The first-order chi connectivity index (χ1) is 4.96. The Labute approximate surface area is 69.2 Å². The molecule has 0 aromatic rings. The summed E-state index contributed by atoms with van der Waals surface area (Å²) in [6.07, 6.45) is 3.33. The van der Waals surface area contributed by atoms with Gasteiger partial charge in [0, 0.05) is 5.41 Å². The van der Waals surface area contributed by atoms with Gasteiger partial charge >= 0.3 is 0 Å². The lowest BCUT2D eigenvalue weighted by molar-refractivity contribution is -0.126. The van der Waals surface area contributed by atoms with E-state index >= 15 is 0 Å². The molecule has 1 aliphatic carbocycles. The van der Waals surface area contributed by atoms with Crippen molar-refractivity contribution in [2.45, 2.75) is 47.0 Å². The molecule has 1 nitrogen and oxygen atoms in total. The minimum absolute atomic E-state index is 0.0573. The summed E-state index contributed by atoms with van der Waals surface area (Å²) >= 11 is 0. The topological polar surface area (TPSA) is 17.1 Å². The van der Waals surface area contributed by atoms with Gasteiger partial charge in [-0.25, -0.2) is 0 Å². The second kappa shape index (κ2) is 2.33. The van der Waals surface area contributed by atoms with E-state index < -0.39 is 0 Å². The van der Waals surface area contributed by atoms with E-state index in [9.17, 15) is 4.79 Å². The van der Waals surface area contributed by atoms with Crippen LogP contribution >= 0.6 is 0 Å². The van der Waals surface area contributed by atoms with E-state index in [0.29, 0.717) is 5.78 Å². The van der Waals surface area contributed by atoms with Gasteiger partial charge in [0.2, 0.25) is 0 Å². The maximum absolute atomic E-state index is 11.3. The number of hydrogen-bond donors (Lipinski definition) is 0. The lowest BCUT2D eigenvalue weighted by Crippen LogP contribution is -2.30. The van der Waals surface area contributed by atoms with Crippen LogP contribution in [0, 0.1) is 10.8 Å². The third-order valence-corrected chi connectivity index (χ3v) is 3.60. The van der Waals surface area contributed by atoms with Gasteiger partial charge in [-0.3, -0.25) is 4.79 Å². The van der Waals surface area contributed by atoms with Gasteiger partial charge in [-0.2, -0.15) is 0 Å². The highest BCUT2D eigenvalue weighted by molar-refractivity contribution is 5.85. The van der Waals surface area contributed by atoms with E-state index in [4.69, 9.17) is 0 Å². The van der Waals surface area contributed by atoms with Gasteiger partial charge < -0.3 is 0 Å². The molecular weight excluding hydrogens is 136 g/mol. The third kappa shape index (κ3) is 1.11. The number of carbonyl (C=O) groups excluding carboxylic acids is 1. The van der Waals surface area contributed by atoms with E-state index in [-0.39, 0.29) is 10.8 Å². The van der Waals surface area contributed by atoms with E-state index in [1.165, 1.54) is 0 Å². The van der Waals surface area contributed by atoms with Crippen molar-refractivity contribution in [1.29, 1.82) is 0 Å². The Balaban J connectivity index is 2.80. The van der Waals surface area contributed by atoms with Gasteiger partial charge in [-0.15, -0.1) is 0 Å². The Morgan fingerprint density at radius 2 is 1.91 bits per heavy atom. The molecule has 64 valence electrons. The number of hydrogen-bond acceptors (Lipinski definition) is 1. The molecule has 11 heavy (non-hydrogen) atoms. The fourth-order valence-electron chi connectivity index (χ4n) is 1.97. The molecule has 0 atom stereocenters. The minimum atomic E-state index is 0.0573. The SMILES string of the molecule is CCC(C)(C)C1(C(C)=O)CC1. The normalized spacial score (nSPS) is 21.5. The maximum atomic E-state index is 11.3. The summed E-state index contributed by atoms with van der Waals surface area (Å²) in [4.78, 5) is 11.3. The largest absolute Gasteiger partial charge is 0.299 e. The fourth-order valence-corrected chi connectivity index (χ4v) is 1.97. The second-order valence-corrected chi connectivity index (χ2v) is 4.38. The molecule has 0 aromatic heterocycles. The van der Waals surface area contributed by atoms with E-state index in [1.54, 1.807) is 6.92 Å². The van der Waals surface area contributed by atoms with Crippen molar-refractivity contribution in [3.05, 3.63) is 0 Å². The average Bonchev–Trinajstić information content (AvgIpc) is 2.66. The van der Waals surface area contributed by atoms with Gasteiger partial charge in [0.15, 0.2) is 0 Å². The molecule has 0 heterocycles. The van der Waals surface area contributed by atoms with Crippen LogP contribution in [0.15, 0.2) is 0 Å². The van der Waals surface area contributed by atoms with Crippen LogP contribution in [0.5, 0.6) is 0 Å². The molecule has 0 aliphatic heterocycles. The summed E-state index contributed by atoms with van der Waals surface area (Å²) in [5.74, 6) is 0.393. The number of ketones is 1. The minimum Gasteiger partial charge on any atom is -0.299 e. The number of Topliss-reactive ketones (excluding diaryl/α,β-unsaturated/α-hetero) is 1. The zero-order chi connectivity index (χ0) is 8.70. The maximum Gasteiger partial charge on any atom is 0.136 e. The van der Waals surface area contributed by atoms with E-state index in [2.05, 4.69) is 20.8 Å². The Morgan fingerprint density at radius 1 is 1.45 bits per heavy atom. The molecule has 0 unspecified atom stereocenters. The Bertz CT molecular complexity index is 175. The molecular formula is C10H18O. The van der Waals surface area contributed by atoms with Gasteiger partial charge in [-0.1, -0.05) is 27.2 Å². The quantitative estimate of drug-likeness (QED) is 0.611. The Hall–Kier alpha value is -0.330.